The number of benzene rings is 2. The monoisotopic (exact) mass is 368 g/mol. The molecular weight excluding hydrogens is 348 g/mol. The van der Waals surface area contributed by atoms with Crippen molar-refractivity contribution < 1.29 is 19.8 Å². The summed E-state index contributed by atoms with van der Waals surface area (Å²) < 4.78 is 0. The van der Waals surface area contributed by atoms with Crippen molar-refractivity contribution >= 4 is 24.2 Å². The Hall–Kier alpha value is -3.68. The molecule has 8 nitrogen and oxygen atoms in total. The van der Waals surface area contributed by atoms with Gasteiger partial charge in [-0.3, -0.25) is 9.59 Å². The van der Waals surface area contributed by atoms with Crippen molar-refractivity contribution in [2.24, 2.45) is 10.2 Å². The molecule has 0 aliphatic heterocycles. The predicted octanol–water partition coefficient (Wildman–Crippen LogP) is 1.87. The van der Waals surface area contributed by atoms with Gasteiger partial charge in [0.1, 0.15) is 11.5 Å². The SMILES string of the molecule is O=C(CCCC(=O)N/N=C\c1ccccc1O)N/N=C\c1ccccc1O. The molecule has 27 heavy (non-hydrogen) atoms. The Morgan fingerprint density at radius 1 is 0.778 bits per heavy atom. The molecule has 8 heteroatoms. The lowest BCUT2D eigenvalue weighted by Crippen LogP contribution is -2.20. The third kappa shape index (κ3) is 6.99. The van der Waals surface area contributed by atoms with Crippen LogP contribution in [0.5, 0.6) is 11.5 Å². The van der Waals surface area contributed by atoms with Crippen molar-refractivity contribution in [1.29, 1.82) is 0 Å². The van der Waals surface area contributed by atoms with Crippen LogP contribution in [0.15, 0.2) is 58.7 Å². The van der Waals surface area contributed by atoms with E-state index in [2.05, 4.69) is 21.1 Å². The first-order chi connectivity index (χ1) is 13.1. The zero-order valence-corrected chi connectivity index (χ0v) is 14.5. The van der Waals surface area contributed by atoms with Gasteiger partial charge in [0.2, 0.25) is 11.8 Å². The Kier molecular flexibility index (Phi) is 7.52. The van der Waals surface area contributed by atoms with Crippen LogP contribution in [-0.2, 0) is 9.59 Å². The quantitative estimate of drug-likeness (QED) is 0.419. The fourth-order valence-corrected chi connectivity index (χ4v) is 2.06. The first kappa shape index (κ1) is 19.6. The Morgan fingerprint density at radius 2 is 1.19 bits per heavy atom. The van der Waals surface area contributed by atoms with Crippen LogP contribution in [0.4, 0.5) is 0 Å². The molecule has 0 spiro atoms. The van der Waals surface area contributed by atoms with Crippen molar-refractivity contribution in [3.05, 3.63) is 59.7 Å². The highest BCUT2D eigenvalue weighted by atomic mass is 16.3. The number of carbonyl (C=O) groups excluding carboxylic acids is 2. The second-order valence-corrected chi connectivity index (χ2v) is 5.56. The molecule has 0 aromatic heterocycles. The van der Waals surface area contributed by atoms with Gasteiger partial charge in [0, 0.05) is 24.0 Å². The first-order valence-corrected chi connectivity index (χ1v) is 8.26. The van der Waals surface area contributed by atoms with Gasteiger partial charge in [0.15, 0.2) is 0 Å². The number of nitrogens with zero attached hydrogens (tertiary/aromatic N) is 2. The number of phenolic OH excluding ortho intramolecular Hbond substituents is 2. The van der Waals surface area contributed by atoms with E-state index in [9.17, 15) is 19.8 Å². The molecule has 2 amide bonds. The second-order valence-electron chi connectivity index (χ2n) is 5.56. The third-order valence-electron chi connectivity index (χ3n) is 3.47. The van der Waals surface area contributed by atoms with Crippen molar-refractivity contribution in [2.45, 2.75) is 19.3 Å². The van der Waals surface area contributed by atoms with Crippen LogP contribution in [0.3, 0.4) is 0 Å². The first-order valence-electron chi connectivity index (χ1n) is 8.26. The van der Waals surface area contributed by atoms with Crippen LogP contribution >= 0.6 is 0 Å². The smallest absolute Gasteiger partial charge is 0.240 e. The maximum Gasteiger partial charge on any atom is 0.240 e. The van der Waals surface area contributed by atoms with Crippen molar-refractivity contribution in [1.82, 2.24) is 10.9 Å². The normalized spacial score (nSPS) is 11.0. The average molecular weight is 368 g/mol. The molecule has 2 rings (SSSR count). The molecule has 0 heterocycles. The second kappa shape index (κ2) is 10.3. The summed E-state index contributed by atoms with van der Waals surface area (Å²) in [6, 6.07) is 13.2. The van der Waals surface area contributed by atoms with Gasteiger partial charge in [0.25, 0.3) is 0 Å². The fourth-order valence-electron chi connectivity index (χ4n) is 2.06. The van der Waals surface area contributed by atoms with Gasteiger partial charge < -0.3 is 10.2 Å². The minimum Gasteiger partial charge on any atom is -0.507 e. The zero-order valence-electron chi connectivity index (χ0n) is 14.5. The molecule has 0 aliphatic rings. The summed E-state index contributed by atoms with van der Waals surface area (Å²) in [7, 11) is 0. The lowest BCUT2D eigenvalue weighted by Gasteiger charge is -2.01. The summed E-state index contributed by atoms with van der Waals surface area (Å²) in [6.45, 7) is 0. The Balaban J connectivity index is 1.65. The van der Waals surface area contributed by atoms with E-state index in [1.165, 1.54) is 24.6 Å². The molecule has 0 bridgehead atoms. The summed E-state index contributed by atoms with van der Waals surface area (Å²) in [5.41, 5.74) is 5.64. The van der Waals surface area contributed by atoms with Gasteiger partial charge in [-0.05, 0) is 30.7 Å². The van der Waals surface area contributed by atoms with Gasteiger partial charge in [-0.2, -0.15) is 10.2 Å². The lowest BCUT2D eigenvalue weighted by atomic mass is 10.2. The highest BCUT2D eigenvalue weighted by Crippen LogP contribution is 2.13. The molecule has 0 saturated heterocycles. The van der Waals surface area contributed by atoms with Crippen molar-refractivity contribution in [2.75, 3.05) is 0 Å². The standard InChI is InChI=1S/C19H20N4O4/c24-16-8-3-1-6-14(16)12-20-22-18(26)10-5-11-19(27)23-21-13-15-7-2-4-9-17(15)25/h1-4,6-9,12-13,24-25H,5,10-11H2,(H,22,26)(H,23,27)/b20-12-,21-13-. The molecule has 0 atom stereocenters. The summed E-state index contributed by atoms with van der Waals surface area (Å²) in [5.74, 6) is -0.549. The van der Waals surface area contributed by atoms with Crippen LogP contribution in [0.1, 0.15) is 30.4 Å². The number of hydrogen-bond donors (Lipinski definition) is 4. The number of para-hydroxylation sites is 2. The van der Waals surface area contributed by atoms with Crippen molar-refractivity contribution in [3.8, 4) is 11.5 Å². The number of amides is 2. The molecule has 4 N–H and O–H groups in total. The number of aromatic hydroxyl groups is 2. The van der Waals surface area contributed by atoms with Crippen LogP contribution in [0.2, 0.25) is 0 Å². The summed E-state index contributed by atoms with van der Waals surface area (Å²) >= 11 is 0. The molecule has 0 unspecified atom stereocenters. The zero-order chi connectivity index (χ0) is 19.5. The molecule has 0 aliphatic carbocycles. The van der Waals surface area contributed by atoms with E-state index in [-0.39, 0.29) is 36.2 Å². The predicted molar refractivity (Wildman–Crippen MR) is 102 cm³/mol. The van der Waals surface area contributed by atoms with E-state index in [4.69, 9.17) is 0 Å². The lowest BCUT2D eigenvalue weighted by molar-refractivity contribution is -0.122. The van der Waals surface area contributed by atoms with E-state index < -0.39 is 0 Å². The van der Waals surface area contributed by atoms with E-state index in [1.807, 2.05) is 0 Å². The molecule has 2 aromatic carbocycles. The maximum atomic E-state index is 11.7. The number of hydrazone groups is 2. The van der Waals surface area contributed by atoms with Gasteiger partial charge in [0.05, 0.1) is 12.4 Å². The molecular formula is C19H20N4O4. The number of rotatable bonds is 8. The Labute approximate surface area is 156 Å². The van der Waals surface area contributed by atoms with E-state index >= 15 is 0 Å². The molecule has 2 aromatic rings. The highest BCUT2D eigenvalue weighted by Gasteiger charge is 2.04. The maximum absolute atomic E-state index is 11.7. The fraction of sp³-hybridized carbons (Fsp3) is 0.158. The Bertz CT molecular complexity index is 780. The van der Waals surface area contributed by atoms with E-state index in [0.717, 1.165) is 0 Å². The molecule has 140 valence electrons. The van der Waals surface area contributed by atoms with E-state index in [1.54, 1.807) is 36.4 Å². The van der Waals surface area contributed by atoms with Gasteiger partial charge in [-0.15, -0.1) is 0 Å². The molecule has 0 saturated carbocycles. The van der Waals surface area contributed by atoms with Gasteiger partial charge >= 0.3 is 0 Å². The summed E-state index contributed by atoms with van der Waals surface area (Å²) in [6.07, 6.45) is 3.25. The van der Waals surface area contributed by atoms with Gasteiger partial charge in [-0.25, -0.2) is 10.9 Å². The third-order valence-corrected chi connectivity index (χ3v) is 3.47. The molecule has 0 fully saturated rings. The van der Waals surface area contributed by atoms with Crippen LogP contribution < -0.4 is 10.9 Å². The number of nitrogens with one attached hydrogen (secondary N) is 2. The Morgan fingerprint density at radius 3 is 1.59 bits per heavy atom. The average Bonchev–Trinajstić information content (AvgIpc) is 2.65. The van der Waals surface area contributed by atoms with E-state index in [0.29, 0.717) is 17.5 Å². The van der Waals surface area contributed by atoms with Crippen LogP contribution in [0.25, 0.3) is 0 Å². The van der Waals surface area contributed by atoms with Gasteiger partial charge in [-0.1, -0.05) is 24.3 Å². The van der Waals surface area contributed by atoms with Crippen molar-refractivity contribution in [3.63, 3.8) is 0 Å². The number of hydrogen-bond acceptors (Lipinski definition) is 6. The minimum absolute atomic E-state index is 0.0662. The summed E-state index contributed by atoms with van der Waals surface area (Å²) in [4.78, 5) is 23.3. The molecule has 0 radical (unpaired) electrons. The summed E-state index contributed by atoms with van der Waals surface area (Å²) in [5, 5.41) is 26.6. The van der Waals surface area contributed by atoms with Crippen LogP contribution in [0, 0.1) is 0 Å². The number of phenols is 2. The largest absolute Gasteiger partial charge is 0.507 e. The van der Waals surface area contributed by atoms with Crippen LogP contribution in [-0.4, -0.2) is 34.5 Å². The number of carbonyl (C=O) groups is 2. The topological polar surface area (TPSA) is 123 Å². The minimum atomic E-state index is -0.341. The highest BCUT2D eigenvalue weighted by molar-refractivity contribution is 5.86.